The highest BCUT2D eigenvalue weighted by molar-refractivity contribution is 14.0. The molecule has 0 aliphatic heterocycles. The summed E-state index contributed by atoms with van der Waals surface area (Å²) >= 11 is 0. The van der Waals surface area contributed by atoms with Crippen molar-refractivity contribution in [2.45, 2.75) is 19.4 Å². The number of hydrogen-bond donors (Lipinski definition) is 2. The zero-order chi connectivity index (χ0) is 16.3. The molecule has 132 valence electrons. The number of nitrogens with zero attached hydrogens (tertiary/aromatic N) is 3. The van der Waals surface area contributed by atoms with Gasteiger partial charge in [-0.2, -0.15) is 5.10 Å². The van der Waals surface area contributed by atoms with E-state index in [-0.39, 0.29) is 24.0 Å². The number of hydrogen-bond acceptors (Lipinski definition) is 3. The van der Waals surface area contributed by atoms with Crippen LogP contribution in [0.4, 0.5) is 0 Å². The highest BCUT2D eigenvalue weighted by atomic mass is 127. The third kappa shape index (κ3) is 7.20. The summed E-state index contributed by atoms with van der Waals surface area (Å²) in [6.07, 6.45) is 3.82. The van der Waals surface area contributed by atoms with Gasteiger partial charge in [0.15, 0.2) is 5.96 Å². The molecule has 0 spiro atoms. The lowest BCUT2D eigenvalue weighted by atomic mass is 10.3. The predicted molar refractivity (Wildman–Crippen MR) is 108 cm³/mol. The van der Waals surface area contributed by atoms with Gasteiger partial charge in [0.2, 0.25) is 0 Å². The summed E-state index contributed by atoms with van der Waals surface area (Å²) in [5, 5.41) is 10.7. The molecule has 0 amide bonds. The monoisotopic (exact) mass is 443 g/mol. The summed E-state index contributed by atoms with van der Waals surface area (Å²) in [4.78, 5) is 4.22. The van der Waals surface area contributed by atoms with Gasteiger partial charge in [-0.1, -0.05) is 18.2 Å². The topological polar surface area (TPSA) is 63.5 Å². The minimum Gasteiger partial charge on any atom is -0.494 e. The molecule has 0 radical (unpaired) electrons. The molecular weight excluding hydrogens is 417 g/mol. The number of aliphatic imine (C=N–C) groups is 1. The summed E-state index contributed by atoms with van der Waals surface area (Å²) in [5.41, 5.74) is 1.12. The van der Waals surface area contributed by atoms with Gasteiger partial charge < -0.3 is 15.4 Å². The van der Waals surface area contributed by atoms with Crippen molar-refractivity contribution in [3.63, 3.8) is 0 Å². The molecule has 0 bridgehead atoms. The highest BCUT2D eigenvalue weighted by Crippen LogP contribution is 2.08. The van der Waals surface area contributed by atoms with E-state index < -0.39 is 0 Å². The van der Waals surface area contributed by atoms with Gasteiger partial charge >= 0.3 is 0 Å². The second-order valence-electron chi connectivity index (χ2n) is 5.17. The summed E-state index contributed by atoms with van der Waals surface area (Å²) in [6, 6.07) is 11.9. The van der Waals surface area contributed by atoms with Gasteiger partial charge in [0, 0.05) is 26.8 Å². The first kappa shape index (κ1) is 20.3. The average Bonchev–Trinajstić information content (AvgIpc) is 2.99. The molecule has 0 unspecified atom stereocenters. The fraction of sp³-hybridized carbons (Fsp3) is 0.412. The zero-order valence-corrected chi connectivity index (χ0v) is 16.6. The van der Waals surface area contributed by atoms with Crippen LogP contribution in [0.25, 0.3) is 0 Å². The molecule has 0 saturated heterocycles. The number of para-hydroxylation sites is 1. The Kier molecular flexibility index (Phi) is 9.90. The van der Waals surface area contributed by atoms with Gasteiger partial charge in [0.25, 0.3) is 0 Å². The lowest BCUT2D eigenvalue weighted by Crippen LogP contribution is -2.37. The van der Waals surface area contributed by atoms with E-state index in [0.717, 1.165) is 43.4 Å². The van der Waals surface area contributed by atoms with E-state index >= 15 is 0 Å². The standard InChI is InChI=1S/C17H25N5O.HI/c1-18-17(20-14-15-10-12-21-22(15)2)19-11-6-7-13-23-16-8-4-3-5-9-16;/h3-5,8-10,12H,6-7,11,13-14H2,1-2H3,(H2,18,19,20);1H. The van der Waals surface area contributed by atoms with Crippen LogP contribution in [0.3, 0.4) is 0 Å². The van der Waals surface area contributed by atoms with Crippen molar-refractivity contribution in [1.29, 1.82) is 0 Å². The minimum absolute atomic E-state index is 0. The van der Waals surface area contributed by atoms with Gasteiger partial charge in [0.05, 0.1) is 18.8 Å². The van der Waals surface area contributed by atoms with Crippen LogP contribution >= 0.6 is 24.0 Å². The maximum Gasteiger partial charge on any atom is 0.191 e. The van der Waals surface area contributed by atoms with Crippen LogP contribution in [0.2, 0.25) is 0 Å². The van der Waals surface area contributed by atoms with E-state index in [0.29, 0.717) is 6.54 Å². The molecule has 7 heteroatoms. The molecule has 1 heterocycles. The maximum absolute atomic E-state index is 5.67. The Bertz CT molecular complexity index is 600. The molecule has 0 aliphatic rings. The van der Waals surface area contributed by atoms with E-state index in [2.05, 4.69) is 20.7 Å². The number of ether oxygens (including phenoxy) is 1. The van der Waals surface area contributed by atoms with Crippen molar-refractivity contribution in [3.8, 4) is 5.75 Å². The number of aromatic nitrogens is 2. The van der Waals surface area contributed by atoms with Crippen LogP contribution in [0.1, 0.15) is 18.5 Å². The highest BCUT2D eigenvalue weighted by Gasteiger charge is 2.01. The van der Waals surface area contributed by atoms with Gasteiger partial charge in [0.1, 0.15) is 5.75 Å². The number of guanidine groups is 1. The van der Waals surface area contributed by atoms with E-state index in [1.54, 1.807) is 13.2 Å². The smallest absolute Gasteiger partial charge is 0.191 e. The third-order valence-corrected chi connectivity index (χ3v) is 3.46. The Morgan fingerprint density at radius 2 is 1.96 bits per heavy atom. The first-order valence-corrected chi connectivity index (χ1v) is 7.89. The molecule has 2 rings (SSSR count). The van der Waals surface area contributed by atoms with Gasteiger partial charge in [-0.25, -0.2) is 0 Å². The molecular formula is C17H26IN5O. The number of halogens is 1. The molecule has 0 aliphatic carbocycles. The Hall–Kier alpha value is -1.77. The van der Waals surface area contributed by atoms with Crippen molar-refractivity contribution in [1.82, 2.24) is 20.4 Å². The van der Waals surface area contributed by atoms with Crippen LogP contribution < -0.4 is 15.4 Å². The minimum atomic E-state index is 0. The van der Waals surface area contributed by atoms with Crippen LogP contribution in [0.5, 0.6) is 5.75 Å². The molecule has 1 aromatic carbocycles. The number of unbranched alkanes of at least 4 members (excludes halogenated alkanes) is 1. The Balaban J connectivity index is 0.00000288. The fourth-order valence-corrected chi connectivity index (χ4v) is 2.11. The van der Waals surface area contributed by atoms with E-state index in [1.165, 1.54) is 0 Å². The number of benzene rings is 1. The Morgan fingerprint density at radius 1 is 1.17 bits per heavy atom. The number of rotatable bonds is 8. The van der Waals surface area contributed by atoms with Gasteiger partial charge in [-0.15, -0.1) is 24.0 Å². The Labute approximate surface area is 160 Å². The second kappa shape index (κ2) is 11.7. The normalized spacial score (nSPS) is 10.8. The molecule has 0 fully saturated rings. The van der Waals surface area contributed by atoms with Crippen molar-refractivity contribution in [2.75, 3.05) is 20.2 Å². The van der Waals surface area contributed by atoms with Gasteiger partial charge in [-0.05, 0) is 31.0 Å². The van der Waals surface area contributed by atoms with Gasteiger partial charge in [-0.3, -0.25) is 9.67 Å². The van der Waals surface area contributed by atoms with E-state index in [9.17, 15) is 0 Å². The lowest BCUT2D eigenvalue weighted by Gasteiger charge is -2.12. The van der Waals surface area contributed by atoms with Crippen LogP contribution in [-0.2, 0) is 13.6 Å². The predicted octanol–water partition coefficient (Wildman–Crippen LogP) is 2.56. The average molecular weight is 443 g/mol. The summed E-state index contributed by atoms with van der Waals surface area (Å²) in [6.45, 7) is 2.29. The van der Waals surface area contributed by atoms with Crippen LogP contribution in [0.15, 0.2) is 47.6 Å². The van der Waals surface area contributed by atoms with Crippen molar-refractivity contribution >= 4 is 29.9 Å². The fourth-order valence-electron chi connectivity index (χ4n) is 2.11. The molecule has 6 nitrogen and oxygen atoms in total. The van der Waals surface area contributed by atoms with E-state index in [4.69, 9.17) is 4.74 Å². The zero-order valence-electron chi connectivity index (χ0n) is 14.2. The van der Waals surface area contributed by atoms with Crippen molar-refractivity contribution in [2.24, 2.45) is 12.0 Å². The SMILES string of the molecule is CN=C(NCCCCOc1ccccc1)NCc1ccnn1C.I. The van der Waals surface area contributed by atoms with E-state index in [1.807, 2.05) is 48.1 Å². The molecule has 1 aromatic heterocycles. The molecule has 0 atom stereocenters. The first-order chi connectivity index (χ1) is 11.3. The largest absolute Gasteiger partial charge is 0.494 e. The Morgan fingerprint density at radius 3 is 2.62 bits per heavy atom. The lowest BCUT2D eigenvalue weighted by molar-refractivity contribution is 0.307. The molecule has 2 N–H and O–H groups in total. The summed E-state index contributed by atoms with van der Waals surface area (Å²) in [7, 11) is 3.71. The first-order valence-electron chi connectivity index (χ1n) is 7.89. The molecule has 0 saturated carbocycles. The van der Waals surface area contributed by atoms with Crippen molar-refractivity contribution in [3.05, 3.63) is 48.3 Å². The number of aryl methyl sites for hydroxylation is 1. The summed E-state index contributed by atoms with van der Waals surface area (Å²) in [5.74, 6) is 1.73. The third-order valence-electron chi connectivity index (χ3n) is 3.46. The van der Waals surface area contributed by atoms with Crippen LogP contribution in [0, 0.1) is 0 Å². The number of nitrogens with one attached hydrogen (secondary N) is 2. The van der Waals surface area contributed by atoms with Crippen molar-refractivity contribution < 1.29 is 4.74 Å². The quantitative estimate of drug-likeness (QED) is 0.285. The maximum atomic E-state index is 5.67. The summed E-state index contributed by atoms with van der Waals surface area (Å²) < 4.78 is 7.51. The van der Waals surface area contributed by atoms with Crippen LogP contribution in [-0.4, -0.2) is 35.9 Å². The molecule has 2 aromatic rings. The molecule has 24 heavy (non-hydrogen) atoms. The second-order valence-corrected chi connectivity index (χ2v) is 5.17.